The second-order valence-electron chi connectivity index (χ2n) is 14.5. The van der Waals surface area contributed by atoms with Crippen LogP contribution in [0, 0.1) is 5.92 Å². The third kappa shape index (κ3) is 3.05. The van der Waals surface area contributed by atoms with E-state index in [0.717, 1.165) is 21.6 Å². The zero-order chi connectivity index (χ0) is 35.8. The molecule has 10 aliphatic rings. The number of aliphatic hydroxyl groups excluding tert-OH is 3. The minimum Gasteiger partial charge on any atom is -0.392 e. The van der Waals surface area contributed by atoms with E-state index in [9.17, 15) is 20.1 Å². The van der Waals surface area contributed by atoms with Gasteiger partial charge in [-0.25, -0.2) is 0 Å². The van der Waals surface area contributed by atoms with Crippen molar-refractivity contribution in [3.8, 4) is 0 Å². The number of nitrogens with zero attached hydrogens (tertiary/aromatic N) is 4. The van der Waals surface area contributed by atoms with Gasteiger partial charge in [0.2, 0.25) is 14.6 Å². The SMILES string of the molecule is CC(C)[C@]12SS[C@]3(C(=O)N1C)[C@@H](O)C1(C45c6ccccc6N[C@H]4N4C(=O)[C@@]6(CO)SSSS[C@]4(C(=O)N6C)[C@H]5O)c4ccccc4N[C@@H]1N3C2=O. The maximum absolute atomic E-state index is 15.2. The van der Waals surface area contributed by atoms with Gasteiger partial charge in [0, 0.05) is 25.5 Å². The molecule has 2 spiro atoms. The number of carbonyl (C=O) groups excluding carboxylic acids is 4. The Morgan fingerprint density at radius 1 is 0.686 bits per heavy atom. The molecule has 4 bridgehead atoms. The summed E-state index contributed by atoms with van der Waals surface area (Å²) in [6, 6.07) is 14.6. The molecule has 0 aromatic heterocycles. The van der Waals surface area contributed by atoms with Crippen molar-refractivity contribution < 1.29 is 34.5 Å². The molecule has 51 heavy (non-hydrogen) atoms. The quantitative estimate of drug-likeness (QED) is 0.287. The van der Waals surface area contributed by atoms with Crippen LogP contribution in [-0.2, 0) is 30.0 Å². The number of carbonyl (C=O) groups is 4. The third-order valence-corrected chi connectivity index (χ3v) is 23.9. The van der Waals surface area contributed by atoms with Crippen LogP contribution in [0.2, 0.25) is 0 Å². The molecule has 8 fully saturated rings. The number of nitrogens with one attached hydrogen (secondary N) is 2. The fourth-order valence-electron chi connectivity index (χ4n) is 10.5. The zero-order valence-electron chi connectivity index (χ0n) is 27.4. The number of piperazine rings is 2. The van der Waals surface area contributed by atoms with Crippen molar-refractivity contribution in [1.82, 2.24) is 19.6 Å². The molecule has 19 heteroatoms. The van der Waals surface area contributed by atoms with Crippen molar-refractivity contribution >= 4 is 97.8 Å². The summed E-state index contributed by atoms with van der Waals surface area (Å²) >= 11 is 0. The predicted octanol–water partition coefficient (Wildman–Crippen LogP) is 2.24. The van der Waals surface area contributed by atoms with Gasteiger partial charge in [-0.15, -0.1) is 0 Å². The van der Waals surface area contributed by atoms with Crippen LogP contribution in [0.15, 0.2) is 48.5 Å². The van der Waals surface area contributed by atoms with E-state index in [2.05, 4.69) is 10.6 Å². The third-order valence-electron chi connectivity index (χ3n) is 12.7. The Bertz CT molecular complexity index is 2020. The van der Waals surface area contributed by atoms with E-state index < -0.39 is 79.2 Å². The molecule has 2 aromatic carbocycles. The number of fused-ring (bicyclic) bond motifs is 13. The molecule has 0 radical (unpaired) electrons. The lowest BCUT2D eigenvalue weighted by atomic mass is 9.52. The van der Waals surface area contributed by atoms with Crippen molar-refractivity contribution in [1.29, 1.82) is 0 Å². The van der Waals surface area contributed by atoms with Gasteiger partial charge in [-0.2, -0.15) is 0 Å². The highest BCUT2D eigenvalue weighted by molar-refractivity contribution is 9.26. The maximum Gasteiger partial charge on any atom is 0.265 e. The second-order valence-corrected chi connectivity index (χ2v) is 23.2. The maximum atomic E-state index is 15.2. The normalized spacial score (nSPS) is 44.2. The fraction of sp³-hybridized carbons (Fsp3) is 0.500. The summed E-state index contributed by atoms with van der Waals surface area (Å²) in [6.45, 7) is 3.11. The summed E-state index contributed by atoms with van der Waals surface area (Å²) in [6.07, 6.45) is -5.63. The standard InChI is InChI=1S/C32H32N6O7S6/c1-14(2)30-26(45)38-22-28(15-9-5-8-12-18(15)34-22,19(40)31(38,48-47-30)25(44)36(30)4)29-16-10-6-7-11-17(16)33-21(29)37-23(42)27(13-39)35(3)24(43)32(37,20(29)41)49-51-50-46-27/h5-12,14,19-22,33-34,39-41H,13H2,1-4H3/t19-,20-,21-,22+,27+,28?,29?,30+,31-,32-/m0/s1. The molecule has 2 unspecified atom stereocenters. The summed E-state index contributed by atoms with van der Waals surface area (Å²) in [5.74, 6) is -2.23. The van der Waals surface area contributed by atoms with Crippen LogP contribution in [0.25, 0.3) is 0 Å². The van der Waals surface area contributed by atoms with Crippen molar-refractivity contribution in [2.45, 2.75) is 68.7 Å². The van der Waals surface area contributed by atoms with Crippen LogP contribution in [0.4, 0.5) is 11.4 Å². The molecule has 268 valence electrons. The molecule has 10 atom stereocenters. The summed E-state index contributed by atoms with van der Waals surface area (Å²) < 4.78 is 0. The van der Waals surface area contributed by atoms with E-state index >= 15 is 14.4 Å². The van der Waals surface area contributed by atoms with Crippen molar-refractivity contribution in [2.24, 2.45) is 5.92 Å². The average molecular weight is 805 g/mol. The number of rotatable bonds is 3. The number of hydrogen-bond acceptors (Lipinski definition) is 15. The van der Waals surface area contributed by atoms with E-state index in [1.807, 2.05) is 62.4 Å². The lowest BCUT2D eigenvalue weighted by Crippen LogP contribution is -2.79. The van der Waals surface area contributed by atoms with E-state index in [0.29, 0.717) is 22.5 Å². The summed E-state index contributed by atoms with van der Waals surface area (Å²) in [5.41, 5.74) is -1.21. The van der Waals surface area contributed by atoms with Gasteiger partial charge in [0.1, 0.15) is 24.5 Å². The van der Waals surface area contributed by atoms with Gasteiger partial charge in [-0.1, -0.05) is 61.0 Å². The van der Waals surface area contributed by atoms with Gasteiger partial charge in [0.05, 0.1) is 17.4 Å². The van der Waals surface area contributed by atoms with Gasteiger partial charge in [0.15, 0.2) is 4.87 Å². The van der Waals surface area contributed by atoms with Crippen LogP contribution in [0.3, 0.4) is 0 Å². The van der Waals surface area contributed by atoms with Crippen molar-refractivity contribution in [3.05, 3.63) is 59.7 Å². The van der Waals surface area contributed by atoms with E-state index in [1.54, 1.807) is 7.05 Å². The highest BCUT2D eigenvalue weighted by atomic mass is 33.7. The zero-order valence-corrected chi connectivity index (χ0v) is 32.3. The molecule has 13 nitrogen and oxygen atoms in total. The largest absolute Gasteiger partial charge is 0.392 e. The van der Waals surface area contributed by atoms with E-state index in [1.165, 1.54) is 67.9 Å². The molecular weight excluding hydrogens is 773 g/mol. The Kier molecular flexibility index (Phi) is 6.66. The van der Waals surface area contributed by atoms with Gasteiger partial charge >= 0.3 is 0 Å². The lowest BCUT2D eigenvalue weighted by molar-refractivity contribution is -0.169. The smallest absolute Gasteiger partial charge is 0.265 e. The van der Waals surface area contributed by atoms with Crippen LogP contribution in [0.5, 0.6) is 0 Å². The first kappa shape index (κ1) is 33.5. The highest BCUT2D eigenvalue weighted by Gasteiger charge is 2.92. The number of hydrogen-bond donors (Lipinski definition) is 5. The van der Waals surface area contributed by atoms with Crippen molar-refractivity contribution in [3.63, 3.8) is 0 Å². The Balaban J connectivity index is 1.34. The van der Waals surface area contributed by atoms with Crippen molar-refractivity contribution in [2.75, 3.05) is 31.3 Å². The van der Waals surface area contributed by atoms with Gasteiger partial charge in [0.25, 0.3) is 23.6 Å². The van der Waals surface area contributed by atoms with Gasteiger partial charge in [-0.3, -0.25) is 29.0 Å². The molecule has 8 saturated heterocycles. The fourth-order valence-corrected chi connectivity index (χ4v) is 22.4. The molecule has 10 heterocycles. The molecule has 5 N–H and O–H groups in total. The molecule has 0 saturated carbocycles. The molecule has 12 rings (SSSR count). The number of anilines is 2. The number of amides is 4. The van der Waals surface area contributed by atoms with Gasteiger partial charge < -0.3 is 35.8 Å². The lowest BCUT2D eigenvalue weighted by Gasteiger charge is -2.60. The first-order valence-corrected chi connectivity index (χ1v) is 23.3. The minimum atomic E-state index is -1.93. The average Bonchev–Trinajstić information content (AvgIpc) is 3.77. The Morgan fingerprint density at radius 3 is 1.73 bits per heavy atom. The van der Waals surface area contributed by atoms with Crippen LogP contribution >= 0.6 is 62.8 Å². The minimum absolute atomic E-state index is 0.304. The van der Waals surface area contributed by atoms with E-state index in [4.69, 9.17) is 0 Å². The van der Waals surface area contributed by atoms with Crippen LogP contribution < -0.4 is 10.6 Å². The number of aliphatic hydroxyl groups is 3. The summed E-state index contributed by atoms with van der Waals surface area (Å²) in [7, 11) is 10.1. The highest BCUT2D eigenvalue weighted by Crippen LogP contribution is 2.78. The summed E-state index contributed by atoms with van der Waals surface area (Å²) in [5, 5.41) is 45.1. The predicted molar refractivity (Wildman–Crippen MR) is 201 cm³/mol. The first-order chi connectivity index (χ1) is 24.3. The molecule has 10 aliphatic heterocycles. The monoisotopic (exact) mass is 804 g/mol. The number of benzene rings is 2. The Hall–Kier alpha value is -2.10. The Labute approximate surface area is 315 Å². The van der Waals surface area contributed by atoms with E-state index in [-0.39, 0.29) is 11.8 Å². The second kappa shape index (κ2) is 10.1. The van der Waals surface area contributed by atoms with Gasteiger partial charge in [-0.05, 0) is 81.2 Å². The topological polar surface area (TPSA) is 166 Å². The van der Waals surface area contributed by atoms with Crippen LogP contribution in [-0.4, -0.2) is 123 Å². The summed E-state index contributed by atoms with van der Waals surface area (Å²) in [4.78, 5) is 59.2. The first-order valence-electron chi connectivity index (χ1n) is 16.3. The molecule has 4 amide bonds. The number of likely N-dealkylation sites (N-methyl/N-ethyl adjacent to an activating group) is 2. The molecule has 0 aliphatic carbocycles. The molecular formula is C32H32N6O7S6. The molecule has 2 aromatic rings. The Morgan fingerprint density at radius 2 is 1.18 bits per heavy atom. The number of para-hydroxylation sites is 2. The van der Waals surface area contributed by atoms with Crippen LogP contribution in [0.1, 0.15) is 25.0 Å².